The Hall–Kier alpha value is -2.41. The molecule has 1 unspecified atom stereocenters. The lowest BCUT2D eigenvalue weighted by Crippen LogP contribution is -2.39. The van der Waals surface area contributed by atoms with Gasteiger partial charge in [-0.1, -0.05) is 38.1 Å². The lowest BCUT2D eigenvalue weighted by molar-refractivity contribution is 0.414. The molecule has 0 aliphatic carbocycles. The minimum Gasteiger partial charge on any atom is -0.497 e. The molecule has 5 nitrogen and oxygen atoms in total. The molecule has 0 aromatic heterocycles. The van der Waals surface area contributed by atoms with E-state index in [2.05, 4.69) is 36.5 Å². The summed E-state index contributed by atoms with van der Waals surface area (Å²) in [5.41, 5.74) is 2.52. The molecule has 2 aromatic carbocycles. The van der Waals surface area contributed by atoms with Crippen molar-refractivity contribution < 1.29 is 18.2 Å². The second-order valence-corrected chi connectivity index (χ2v) is 14.4. The molecule has 0 radical (unpaired) electrons. The summed E-state index contributed by atoms with van der Waals surface area (Å²) >= 11 is 0. The molecule has 0 amide bonds. The molecule has 0 bridgehead atoms. The first-order valence-electron chi connectivity index (χ1n) is 13.4. The van der Waals surface area contributed by atoms with E-state index in [1.54, 1.807) is 13.2 Å². The minimum atomic E-state index is -3.95. The van der Waals surface area contributed by atoms with E-state index in [9.17, 15) is 8.76 Å². The quantitative estimate of drug-likeness (QED) is 0.231. The van der Waals surface area contributed by atoms with E-state index in [4.69, 9.17) is 9.47 Å². The predicted octanol–water partition coefficient (Wildman–Crippen LogP) is 6.93. The topological polar surface area (TPSA) is 67.8 Å². The number of nitrogens with one attached hydrogen (secondary N) is 1. The van der Waals surface area contributed by atoms with Gasteiger partial charge in [-0.15, -0.1) is 0 Å². The molecule has 0 spiro atoms. The molecule has 1 saturated heterocycles. The van der Waals surface area contributed by atoms with E-state index < -0.39 is 9.35 Å². The molecule has 1 aliphatic rings. The first-order valence-corrected chi connectivity index (χ1v) is 15.9. The zero-order valence-corrected chi connectivity index (χ0v) is 24.0. The average Bonchev–Trinajstić information content (AvgIpc) is 2.88. The van der Waals surface area contributed by atoms with Crippen LogP contribution in [0.2, 0.25) is 0 Å². The van der Waals surface area contributed by atoms with Gasteiger partial charge in [-0.05, 0) is 111 Å². The summed E-state index contributed by atoms with van der Waals surface area (Å²) in [7, 11) is -2.30. The van der Waals surface area contributed by atoms with Crippen LogP contribution in [0.15, 0.2) is 71.3 Å². The van der Waals surface area contributed by atoms with Crippen LogP contribution in [0.1, 0.15) is 63.5 Å². The predicted molar refractivity (Wildman–Crippen MR) is 156 cm³/mol. The third-order valence-corrected chi connectivity index (χ3v) is 10.4. The maximum atomic E-state index is 13.8. The molecule has 1 fully saturated rings. The number of piperidine rings is 1. The van der Waals surface area contributed by atoms with Crippen molar-refractivity contribution in [2.24, 2.45) is 5.92 Å². The largest absolute Gasteiger partial charge is 0.497 e. The van der Waals surface area contributed by atoms with Gasteiger partial charge in [0.2, 0.25) is 0 Å². The van der Waals surface area contributed by atoms with Gasteiger partial charge >= 0.3 is 0 Å². The van der Waals surface area contributed by atoms with E-state index >= 15 is 0 Å². The number of benzene rings is 2. The number of hydrogen-bond acceptors (Lipinski definition) is 4. The molecule has 2 aromatic rings. The van der Waals surface area contributed by atoms with Crippen molar-refractivity contribution in [3.63, 3.8) is 0 Å². The number of ether oxygens (including phenoxy) is 2. The summed E-state index contributed by atoms with van der Waals surface area (Å²) in [6, 6.07) is 16.3. The fraction of sp³-hybridized carbons (Fsp3) is 0.484. The molecular formula is C31H45NO4S. The SMILES string of the molecule is CC/C(=C\C=C(C)Oc1cccc(C2CCNCC2)c1)S(C)(=O)(O)CC(C)CCc1ccc(OC)cc1. The summed E-state index contributed by atoms with van der Waals surface area (Å²) in [4.78, 5) is 0.569. The normalized spacial score (nSPS) is 17.6. The van der Waals surface area contributed by atoms with Crippen molar-refractivity contribution >= 4 is 9.35 Å². The van der Waals surface area contributed by atoms with E-state index in [1.165, 1.54) is 17.4 Å². The van der Waals surface area contributed by atoms with Crippen LogP contribution in [-0.2, 0) is 15.8 Å². The zero-order chi connectivity index (χ0) is 26.9. The van der Waals surface area contributed by atoms with Crippen LogP contribution in [0.4, 0.5) is 0 Å². The Morgan fingerprint density at radius 3 is 2.49 bits per heavy atom. The number of allylic oxidation sites excluding steroid dienone is 4. The maximum absolute atomic E-state index is 13.8. The number of hydrogen-bond donors (Lipinski definition) is 2. The van der Waals surface area contributed by atoms with Gasteiger partial charge in [0.05, 0.1) is 7.11 Å². The van der Waals surface area contributed by atoms with Crippen LogP contribution in [0.5, 0.6) is 11.5 Å². The summed E-state index contributed by atoms with van der Waals surface area (Å²) in [5.74, 6) is 3.26. The average molecular weight is 528 g/mol. The standard InChI is InChI=1S/C31H45NO4S/c1-6-31(37(5,33,34)23-24(2)10-12-26-13-15-29(35-4)16-14-26)17-11-25(3)36-30-9-7-8-28(22-30)27-18-20-32-21-19-27/h7-9,11,13-17,22,24,27,32H,6,10,12,18-21,23H2,1-5H3,(H,33,34)/b25-11?,31-17+. The Bertz CT molecular complexity index is 1140. The molecule has 37 heavy (non-hydrogen) atoms. The number of aryl methyl sites for hydroxylation is 1. The molecule has 1 atom stereocenters. The Labute approximate surface area is 223 Å². The number of rotatable bonds is 12. The van der Waals surface area contributed by atoms with Gasteiger partial charge in [0.15, 0.2) is 0 Å². The second kappa shape index (κ2) is 12.9. The third-order valence-electron chi connectivity index (χ3n) is 7.23. The lowest BCUT2D eigenvalue weighted by atomic mass is 9.90. The molecule has 6 heteroatoms. The summed E-state index contributed by atoms with van der Waals surface area (Å²) < 4.78 is 36.5. The molecule has 0 saturated carbocycles. The van der Waals surface area contributed by atoms with Crippen molar-refractivity contribution in [3.8, 4) is 11.5 Å². The molecule has 1 heterocycles. The van der Waals surface area contributed by atoms with Gasteiger partial charge in [-0.25, -0.2) is 4.21 Å². The fourth-order valence-electron chi connectivity index (χ4n) is 5.15. The van der Waals surface area contributed by atoms with Crippen molar-refractivity contribution in [3.05, 3.63) is 82.5 Å². The van der Waals surface area contributed by atoms with Crippen molar-refractivity contribution in [2.75, 3.05) is 32.2 Å². The third kappa shape index (κ3) is 8.84. The highest BCUT2D eigenvalue weighted by Crippen LogP contribution is 2.34. The Morgan fingerprint density at radius 1 is 1.14 bits per heavy atom. The van der Waals surface area contributed by atoms with E-state index in [0.29, 0.717) is 23.0 Å². The monoisotopic (exact) mass is 527 g/mol. The van der Waals surface area contributed by atoms with Crippen LogP contribution >= 0.6 is 0 Å². The molecular weight excluding hydrogens is 482 g/mol. The van der Waals surface area contributed by atoms with Crippen LogP contribution < -0.4 is 14.8 Å². The summed E-state index contributed by atoms with van der Waals surface area (Å²) in [5, 5.41) is 3.41. The van der Waals surface area contributed by atoms with Crippen molar-refractivity contribution in [2.45, 2.75) is 58.8 Å². The Morgan fingerprint density at radius 2 is 1.84 bits per heavy atom. The molecule has 3 rings (SSSR count). The van der Waals surface area contributed by atoms with Crippen LogP contribution in [-0.4, -0.2) is 41.0 Å². The zero-order valence-electron chi connectivity index (χ0n) is 23.2. The van der Waals surface area contributed by atoms with Gasteiger partial charge in [-0.2, -0.15) is 9.35 Å². The smallest absolute Gasteiger partial charge is 0.127 e. The first-order chi connectivity index (χ1) is 17.6. The van der Waals surface area contributed by atoms with E-state index in [0.717, 1.165) is 50.3 Å². The number of methoxy groups -OCH3 is 1. The summed E-state index contributed by atoms with van der Waals surface area (Å²) in [6.07, 6.45) is 9.63. The van der Waals surface area contributed by atoms with Crippen LogP contribution in [0.3, 0.4) is 0 Å². The van der Waals surface area contributed by atoms with E-state index in [1.807, 2.05) is 44.2 Å². The lowest BCUT2D eigenvalue weighted by Gasteiger charge is -2.42. The Balaban J connectivity index is 1.63. The molecule has 204 valence electrons. The van der Waals surface area contributed by atoms with Gasteiger partial charge in [0.25, 0.3) is 0 Å². The highest BCUT2D eigenvalue weighted by Gasteiger charge is 2.28. The van der Waals surface area contributed by atoms with Gasteiger partial charge in [0.1, 0.15) is 17.3 Å². The fourth-order valence-corrected chi connectivity index (χ4v) is 8.02. The minimum absolute atomic E-state index is 0.102. The highest BCUT2D eigenvalue weighted by molar-refractivity contribution is 8.17. The van der Waals surface area contributed by atoms with Gasteiger partial charge in [-0.3, -0.25) is 4.55 Å². The first kappa shape index (κ1) is 29.2. The van der Waals surface area contributed by atoms with Crippen LogP contribution in [0.25, 0.3) is 0 Å². The van der Waals surface area contributed by atoms with Gasteiger partial charge < -0.3 is 14.8 Å². The van der Waals surface area contributed by atoms with Gasteiger partial charge in [0, 0.05) is 16.9 Å². The Kier molecular flexibility index (Phi) is 10.2. The molecule has 1 aliphatic heterocycles. The maximum Gasteiger partial charge on any atom is 0.127 e. The highest BCUT2D eigenvalue weighted by atomic mass is 32.3. The van der Waals surface area contributed by atoms with Crippen molar-refractivity contribution in [1.82, 2.24) is 5.32 Å². The van der Waals surface area contributed by atoms with Crippen LogP contribution in [0, 0.1) is 5.92 Å². The van der Waals surface area contributed by atoms with E-state index in [-0.39, 0.29) is 11.7 Å². The summed E-state index contributed by atoms with van der Waals surface area (Å²) in [6.45, 7) is 8.00. The second-order valence-electron chi connectivity index (χ2n) is 10.6. The molecule has 2 N–H and O–H groups in total. The van der Waals surface area contributed by atoms with Crippen molar-refractivity contribution in [1.29, 1.82) is 0 Å².